The topological polar surface area (TPSA) is 62.7 Å². The number of carbonyl (C=O) groups is 1. The molecule has 0 saturated heterocycles. The molecule has 0 aliphatic carbocycles. The van der Waals surface area contributed by atoms with E-state index in [1.807, 2.05) is 48.5 Å². The number of aliphatic hydroxyl groups is 1. The summed E-state index contributed by atoms with van der Waals surface area (Å²) in [6.07, 6.45) is 4.27. The van der Waals surface area contributed by atoms with Gasteiger partial charge in [0.15, 0.2) is 0 Å². The van der Waals surface area contributed by atoms with Gasteiger partial charge in [-0.25, -0.2) is 4.79 Å². The summed E-state index contributed by atoms with van der Waals surface area (Å²) in [6.45, 7) is 1.39. The number of ether oxygens (including phenoxy) is 1. The van der Waals surface area contributed by atoms with Crippen molar-refractivity contribution >= 4 is 11.7 Å². The van der Waals surface area contributed by atoms with Gasteiger partial charge in [0.1, 0.15) is 6.61 Å². The molecule has 1 aliphatic rings. The van der Waals surface area contributed by atoms with Gasteiger partial charge in [0, 0.05) is 19.3 Å². The highest BCUT2D eigenvalue weighted by atomic mass is 16.6. The average molecular weight is 324 g/mol. The van der Waals surface area contributed by atoms with Crippen molar-refractivity contribution in [3.05, 3.63) is 71.6 Å². The van der Waals surface area contributed by atoms with E-state index in [2.05, 4.69) is 4.98 Å². The Morgan fingerprint density at radius 3 is 2.67 bits per heavy atom. The van der Waals surface area contributed by atoms with Crippen molar-refractivity contribution in [3.8, 4) is 0 Å². The van der Waals surface area contributed by atoms with Crippen LogP contribution in [0.2, 0.25) is 0 Å². The van der Waals surface area contributed by atoms with Crippen LogP contribution in [0.25, 0.3) is 5.57 Å². The van der Waals surface area contributed by atoms with Gasteiger partial charge in [-0.2, -0.15) is 0 Å². The van der Waals surface area contributed by atoms with Gasteiger partial charge < -0.3 is 14.7 Å². The molecule has 1 amide bonds. The lowest BCUT2D eigenvalue weighted by Crippen LogP contribution is -2.35. The molecule has 0 atom stereocenters. The van der Waals surface area contributed by atoms with E-state index in [4.69, 9.17) is 9.84 Å². The molecule has 0 fully saturated rings. The molecule has 0 bridgehead atoms. The zero-order valence-corrected chi connectivity index (χ0v) is 13.4. The van der Waals surface area contributed by atoms with Crippen molar-refractivity contribution in [2.75, 3.05) is 13.1 Å². The third kappa shape index (κ3) is 4.00. The number of amides is 1. The van der Waals surface area contributed by atoms with Crippen molar-refractivity contribution in [2.24, 2.45) is 0 Å². The van der Waals surface area contributed by atoms with E-state index in [1.165, 1.54) is 5.57 Å². The molecule has 0 unspecified atom stereocenters. The molecule has 5 nitrogen and oxygen atoms in total. The van der Waals surface area contributed by atoms with E-state index in [0.29, 0.717) is 25.4 Å². The Kier molecular flexibility index (Phi) is 5.23. The highest BCUT2D eigenvalue weighted by molar-refractivity contribution is 5.72. The largest absolute Gasteiger partial charge is 0.445 e. The van der Waals surface area contributed by atoms with Crippen LogP contribution in [0.3, 0.4) is 0 Å². The fourth-order valence-electron chi connectivity index (χ4n) is 2.62. The van der Waals surface area contributed by atoms with Crippen LogP contribution in [0, 0.1) is 0 Å². The van der Waals surface area contributed by atoms with Gasteiger partial charge in [-0.05, 0) is 29.2 Å². The molecule has 0 radical (unpaired) electrons. The van der Waals surface area contributed by atoms with Crippen molar-refractivity contribution in [1.29, 1.82) is 0 Å². The molecule has 3 rings (SSSR count). The van der Waals surface area contributed by atoms with Crippen LogP contribution in [0.4, 0.5) is 4.79 Å². The predicted molar refractivity (Wildman–Crippen MR) is 91.0 cm³/mol. The molecule has 5 heteroatoms. The molecule has 1 aromatic heterocycles. The Bertz CT molecular complexity index is 711. The number of hydrogen-bond donors (Lipinski definition) is 1. The fraction of sp³-hybridized carbons (Fsp3) is 0.263. The minimum atomic E-state index is -0.289. The van der Waals surface area contributed by atoms with Gasteiger partial charge in [0.25, 0.3) is 0 Å². The predicted octanol–water partition coefficient (Wildman–Crippen LogP) is 3.00. The average Bonchev–Trinajstić information content (AvgIpc) is 2.67. The summed E-state index contributed by atoms with van der Waals surface area (Å²) in [5.74, 6) is 0. The van der Waals surface area contributed by atoms with E-state index in [1.54, 1.807) is 11.1 Å². The first-order valence-corrected chi connectivity index (χ1v) is 7.97. The van der Waals surface area contributed by atoms with Crippen LogP contribution < -0.4 is 0 Å². The van der Waals surface area contributed by atoms with Crippen LogP contribution in [-0.4, -0.2) is 34.2 Å². The second-order valence-electron chi connectivity index (χ2n) is 5.66. The zero-order chi connectivity index (χ0) is 16.8. The number of hydrogen-bond acceptors (Lipinski definition) is 4. The summed E-state index contributed by atoms with van der Waals surface area (Å²) in [4.78, 5) is 18.0. The lowest BCUT2D eigenvalue weighted by atomic mass is 10.0. The number of pyridine rings is 1. The van der Waals surface area contributed by atoms with E-state index >= 15 is 0 Å². The molecule has 24 heavy (non-hydrogen) atoms. The Morgan fingerprint density at radius 1 is 1.21 bits per heavy atom. The summed E-state index contributed by atoms with van der Waals surface area (Å²) in [6, 6.07) is 13.4. The van der Waals surface area contributed by atoms with E-state index in [0.717, 1.165) is 17.5 Å². The van der Waals surface area contributed by atoms with Gasteiger partial charge in [-0.3, -0.25) is 4.98 Å². The molecule has 1 aromatic carbocycles. The number of carbonyl (C=O) groups excluding carboxylic acids is 1. The number of aromatic nitrogens is 1. The maximum Gasteiger partial charge on any atom is 0.410 e. The number of aliphatic hydroxyl groups excluding tert-OH is 1. The molecule has 0 spiro atoms. The third-order valence-corrected chi connectivity index (χ3v) is 4.03. The summed E-state index contributed by atoms with van der Waals surface area (Å²) >= 11 is 0. The van der Waals surface area contributed by atoms with Crippen LogP contribution >= 0.6 is 0 Å². The maximum atomic E-state index is 12.1. The SMILES string of the molecule is O=C(OCc1ccccc1)N1CC=C(c2ccc(CO)nc2)CC1. The monoisotopic (exact) mass is 324 g/mol. The Morgan fingerprint density at radius 2 is 2.04 bits per heavy atom. The first-order valence-electron chi connectivity index (χ1n) is 7.97. The van der Waals surface area contributed by atoms with Crippen LogP contribution in [0.15, 0.2) is 54.7 Å². The first-order chi connectivity index (χ1) is 11.8. The second kappa shape index (κ2) is 7.75. The highest BCUT2D eigenvalue weighted by Gasteiger charge is 2.19. The molecular formula is C19H20N2O3. The van der Waals surface area contributed by atoms with Gasteiger partial charge in [0.05, 0.1) is 12.3 Å². The molecule has 0 saturated carbocycles. The van der Waals surface area contributed by atoms with Crippen LogP contribution in [-0.2, 0) is 18.0 Å². The summed E-state index contributed by atoms with van der Waals surface area (Å²) < 4.78 is 5.36. The van der Waals surface area contributed by atoms with Crippen molar-refractivity contribution in [1.82, 2.24) is 9.88 Å². The van der Waals surface area contributed by atoms with Gasteiger partial charge in [-0.15, -0.1) is 0 Å². The quantitative estimate of drug-likeness (QED) is 0.939. The molecule has 124 valence electrons. The zero-order valence-electron chi connectivity index (χ0n) is 13.4. The first kappa shape index (κ1) is 16.2. The smallest absolute Gasteiger partial charge is 0.410 e. The molecule has 2 aromatic rings. The molecule has 1 aliphatic heterocycles. The number of rotatable bonds is 4. The Hall–Kier alpha value is -2.66. The maximum absolute atomic E-state index is 12.1. The van der Waals surface area contributed by atoms with Gasteiger partial charge in [-0.1, -0.05) is 42.5 Å². The third-order valence-electron chi connectivity index (χ3n) is 4.03. The van der Waals surface area contributed by atoms with Gasteiger partial charge >= 0.3 is 6.09 Å². The van der Waals surface area contributed by atoms with Crippen molar-refractivity contribution in [3.63, 3.8) is 0 Å². The highest BCUT2D eigenvalue weighted by Crippen LogP contribution is 2.22. The Balaban J connectivity index is 1.55. The van der Waals surface area contributed by atoms with Crippen LogP contribution in [0.5, 0.6) is 0 Å². The van der Waals surface area contributed by atoms with E-state index in [-0.39, 0.29) is 12.7 Å². The lowest BCUT2D eigenvalue weighted by molar-refractivity contribution is 0.0998. The lowest BCUT2D eigenvalue weighted by Gasteiger charge is -2.26. The van der Waals surface area contributed by atoms with E-state index in [9.17, 15) is 4.79 Å². The molecule has 1 N–H and O–H groups in total. The molecular weight excluding hydrogens is 304 g/mol. The van der Waals surface area contributed by atoms with Crippen molar-refractivity contribution in [2.45, 2.75) is 19.6 Å². The fourth-order valence-corrected chi connectivity index (χ4v) is 2.62. The number of benzene rings is 1. The molecule has 2 heterocycles. The van der Waals surface area contributed by atoms with Crippen molar-refractivity contribution < 1.29 is 14.6 Å². The second-order valence-corrected chi connectivity index (χ2v) is 5.66. The standard InChI is InChI=1S/C19H20N2O3/c22-13-18-7-6-17(12-20-18)16-8-10-21(11-9-16)19(23)24-14-15-4-2-1-3-5-15/h1-8,12,22H,9-11,13-14H2. The summed E-state index contributed by atoms with van der Waals surface area (Å²) in [5, 5.41) is 9.03. The number of nitrogens with zero attached hydrogens (tertiary/aromatic N) is 2. The summed E-state index contributed by atoms with van der Waals surface area (Å²) in [5.41, 5.74) is 3.83. The summed E-state index contributed by atoms with van der Waals surface area (Å²) in [7, 11) is 0. The minimum absolute atomic E-state index is 0.0552. The van der Waals surface area contributed by atoms with E-state index < -0.39 is 0 Å². The normalized spacial score (nSPS) is 14.2. The van der Waals surface area contributed by atoms with Gasteiger partial charge in [0.2, 0.25) is 0 Å². The van der Waals surface area contributed by atoms with Crippen LogP contribution in [0.1, 0.15) is 23.2 Å². The minimum Gasteiger partial charge on any atom is -0.445 e. The Labute approximate surface area is 141 Å².